The normalized spacial score (nSPS) is 11.9. The lowest BCUT2D eigenvalue weighted by molar-refractivity contribution is -0.124. The Balaban J connectivity index is 2.09. The molecule has 0 saturated heterocycles. The van der Waals surface area contributed by atoms with Crippen LogP contribution in [0.3, 0.4) is 0 Å². The number of hydrogen-bond acceptors (Lipinski definition) is 5. The summed E-state index contributed by atoms with van der Waals surface area (Å²) in [5.41, 5.74) is 8.31. The Morgan fingerprint density at radius 2 is 1.94 bits per heavy atom. The molecule has 1 atom stereocenters. The van der Waals surface area contributed by atoms with Gasteiger partial charge in [-0.1, -0.05) is 53.5 Å². The maximum Gasteiger partial charge on any atom is 0.262 e. The summed E-state index contributed by atoms with van der Waals surface area (Å²) in [6, 6.07) is 10.8. The van der Waals surface area contributed by atoms with E-state index in [2.05, 4.69) is 31.8 Å². The van der Waals surface area contributed by atoms with Crippen LogP contribution in [0.1, 0.15) is 29.8 Å². The van der Waals surface area contributed by atoms with Gasteiger partial charge in [0.1, 0.15) is 11.8 Å². The number of carbonyl (C=O) groups excluding carboxylic acids is 3. The fourth-order valence-electron chi connectivity index (χ4n) is 2.53. The lowest BCUT2D eigenvalue weighted by Crippen LogP contribution is -2.48. The lowest BCUT2D eigenvalue weighted by atomic mass is 10.0. The predicted octanol–water partition coefficient (Wildman–Crippen LogP) is 2.87. The molecule has 0 radical (unpaired) electrons. The highest BCUT2D eigenvalue weighted by Gasteiger charge is 2.25. The van der Waals surface area contributed by atoms with Gasteiger partial charge in [-0.25, -0.2) is 5.43 Å². The summed E-state index contributed by atoms with van der Waals surface area (Å²) < 4.78 is 6.09. The van der Waals surface area contributed by atoms with Crippen LogP contribution < -0.4 is 21.2 Å². The number of nitrogens with zero attached hydrogens (tertiary/aromatic N) is 1. The van der Waals surface area contributed by atoms with Gasteiger partial charge in [0, 0.05) is 10.0 Å². The zero-order chi connectivity index (χ0) is 23.0. The third kappa shape index (κ3) is 7.37. The molecule has 8 nitrogen and oxygen atoms in total. The molecule has 2 aromatic rings. The number of nitrogens with one attached hydrogen (secondary N) is 2. The van der Waals surface area contributed by atoms with Gasteiger partial charge in [0.05, 0.1) is 16.8 Å². The average Bonchev–Trinajstić information content (AvgIpc) is 2.71. The molecular weight excluding hydrogens is 488 g/mol. The number of halogens is 2. The van der Waals surface area contributed by atoms with Gasteiger partial charge in [-0.2, -0.15) is 5.10 Å². The smallest absolute Gasteiger partial charge is 0.262 e. The summed E-state index contributed by atoms with van der Waals surface area (Å²) >= 11 is 9.40. The van der Waals surface area contributed by atoms with Crippen LogP contribution in [-0.4, -0.2) is 36.6 Å². The minimum absolute atomic E-state index is 0.207. The highest BCUT2D eigenvalue weighted by Crippen LogP contribution is 2.22. The van der Waals surface area contributed by atoms with Crippen molar-refractivity contribution in [2.75, 3.05) is 6.61 Å². The molecule has 1 unspecified atom stereocenters. The Kier molecular flexibility index (Phi) is 9.02. The van der Waals surface area contributed by atoms with Crippen LogP contribution in [0.5, 0.6) is 5.75 Å². The number of benzene rings is 2. The molecule has 10 heteroatoms. The van der Waals surface area contributed by atoms with E-state index in [-0.39, 0.29) is 18.1 Å². The second-order valence-corrected chi connectivity index (χ2v) is 8.17. The Morgan fingerprint density at radius 3 is 2.58 bits per heavy atom. The van der Waals surface area contributed by atoms with Crippen LogP contribution in [-0.2, 0) is 9.59 Å². The van der Waals surface area contributed by atoms with E-state index >= 15 is 0 Å². The predicted molar refractivity (Wildman–Crippen MR) is 122 cm³/mol. The van der Waals surface area contributed by atoms with Crippen molar-refractivity contribution >= 4 is 51.5 Å². The fourth-order valence-corrected chi connectivity index (χ4v) is 3.14. The van der Waals surface area contributed by atoms with Gasteiger partial charge < -0.3 is 15.8 Å². The van der Waals surface area contributed by atoms with Crippen molar-refractivity contribution in [2.45, 2.75) is 19.9 Å². The third-order valence-electron chi connectivity index (χ3n) is 4.07. The Labute approximate surface area is 193 Å². The zero-order valence-corrected chi connectivity index (χ0v) is 19.2. The second kappa shape index (κ2) is 11.5. The maximum atomic E-state index is 12.6. The van der Waals surface area contributed by atoms with E-state index in [0.29, 0.717) is 16.3 Å². The van der Waals surface area contributed by atoms with Crippen molar-refractivity contribution < 1.29 is 19.1 Å². The molecule has 0 aliphatic rings. The quantitative estimate of drug-likeness (QED) is 0.355. The Hall–Kier alpha value is -2.91. The summed E-state index contributed by atoms with van der Waals surface area (Å²) in [6.45, 7) is 3.30. The van der Waals surface area contributed by atoms with E-state index in [4.69, 9.17) is 22.1 Å². The van der Waals surface area contributed by atoms with Crippen LogP contribution in [0.4, 0.5) is 0 Å². The molecule has 0 bridgehead atoms. The van der Waals surface area contributed by atoms with E-state index in [1.807, 2.05) is 0 Å². The molecule has 0 fully saturated rings. The van der Waals surface area contributed by atoms with Crippen LogP contribution in [0.15, 0.2) is 52.0 Å². The maximum absolute atomic E-state index is 12.6. The lowest BCUT2D eigenvalue weighted by Gasteiger charge is -2.20. The topological polar surface area (TPSA) is 123 Å². The number of nitrogens with two attached hydrogens (primary N) is 1. The number of hydrazone groups is 1. The first-order valence-electron chi connectivity index (χ1n) is 9.28. The Bertz CT molecular complexity index is 997. The van der Waals surface area contributed by atoms with Gasteiger partial charge in [-0.3, -0.25) is 14.4 Å². The van der Waals surface area contributed by atoms with E-state index < -0.39 is 23.8 Å². The highest BCUT2D eigenvalue weighted by molar-refractivity contribution is 9.10. The molecule has 3 amide bonds. The first kappa shape index (κ1) is 24.4. The number of amides is 3. The van der Waals surface area contributed by atoms with Gasteiger partial charge in [0.2, 0.25) is 0 Å². The van der Waals surface area contributed by atoms with Gasteiger partial charge in [0.15, 0.2) is 6.61 Å². The van der Waals surface area contributed by atoms with Crippen molar-refractivity contribution in [3.63, 3.8) is 0 Å². The minimum atomic E-state index is -0.839. The van der Waals surface area contributed by atoms with E-state index in [1.165, 1.54) is 6.21 Å². The van der Waals surface area contributed by atoms with Gasteiger partial charge in [-0.15, -0.1) is 0 Å². The van der Waals surface area contributed by atoms with Crippen molar-refractivity contribution in [1.82, 2.24) is 10.7 Å². The molecule has 0 aromatic heterocycles. The summed E-state index contributed by atoms with van der Waals surface area (Å²) in [7, 11) is 0. The van der Waals surface area contributed by atoms with Gasteiger partial charge >= 0.3 is 0 Å². The number of hydrogen-bond donors (Lipinski definition) is 3. The van der Waals surface area contributed by atoms with Crippen LogP contribution in [0.2, 0.25) is 5.02 Å². The average molecular weight is 510 g/mol. The second-order valence-electron chi connectivity index (χ2n) is 6.85. The first-order chi connectivity index (χ1) is 14.7. The van der Waals surface area contributed by atoms with Gasteiger partial charge in [0.25, 0.3) is 17.7 Å². The number of ether oxygens (including phenoxy) is 1. The Morgan fingerprint density at radius 1 is 1.23 bits per heavy atom. The largest absolute Gasteiger partial charge is 0.483 e. The molecule has 0 heterocycles. The molecule has 31 heavy (non-hydrogen) atoms. The monoisotopic (exact) mass is 508 g/mol. The van der Waals surface area contributed by atoms with E-state index in [0.717, 1.165) is 4.47 Å². The molecule has 0 saturated carbocycles. The molecule has 0 aliphatic carbocycles. The standard InChI is InChI=1S/C21H22BrClN4O4/c1-12(2)19(26-20(29)15-5-3-4-6-16(15)23)21(30)27-25-10-13-9-14(22)7-8-17(13)31-11-18(24)28/h3-10,12,19H,11H2,1-2H3,(H2,24,28)(H,26,29)(H,27,30)/b25-10+. The van der Waals surface area contributed by atoms with Gasteiger partial charge in [-0.05, 0) is 36.2 Å². The highest BCUT2D eigenvalue weighted by atomic mass is 79.9. The van der Waals surface area contributed by atoms with Crippen molar-refractivity contribution in [2.24, 2.45) is 16.8 Å². The fraction of sp³-hybridized carbons (Fsp3) is 0.238. The zero-order valence-electron chi connectivity index (χ0n) is 16.9. The van der Waals surface area contributed by atoms with E-state index in [1.54, 1.807) is 56.3 Å². The molecule has 164 valence electrons. The van der Waals surface area contributed by atoms with Crippen LogP contribution >= 0.6 is 27.5 Å². The van der Waals surface area contributed by atoms with Crippen LogP contribution in [0.25, 0.3) is 0 Å². The summed E-state index contributed by atoms with van der Waals surface area (Å²) in [4.78, 5) is 36.1. The molecule has 2 aromatic carbocycles. The van der Waals surface area contributed by atoms with Crippen molar-refractivity contribution in [3.05, 3.63) is 63.1 Å². The SMILES string of the molecule is CC(C)C(NC(=O)c1ccccc1Cl)C(=O)N/N=C/c1cc(Br)ccc1OCC(N)=O. The molecule has 2 rings (SSSR count). The number of primary amides is 1. The number of carbonyl (C=O) groups is 3. The summed E-state index contributed by atoms with van der Waals surface area (Å²) in [5, 5.41) is 6.93. The summed E-state index contributed by atoms with van der Waals surface area (Å²) in [5.74, 6) is -1.42. The molecule has 0 spiro atoms. The molecule has 4 N–H and O–H groups in total. The minimum Gasteiger partial charge on any atom is -0.483 e. The molecule has 0 aliphatic heterocycles. The van der Waals surface area contributed by atoms with Crippen molar-refractivity contribution in [3.8, 4) is 5.75 Å². The van der Waals surface area contributed by atoms with Crippen LogP contribution in [0, 0.1) is 5.92 Å². The van der Waals surface area contributed by atoms with Crippen molar-refractivity contribution in [1.29, 1.82) is 0 Å². The summed E-state index contributed by atoms with van der Waals surface area (Å²) in [6.07, 6.45) is 1.37. The number of rotatable bonds is 9. The first-order valence-corrected chi connectivity index (χ1v) is 10.4. The van der Waals surface area contributed by atoms with E-state index in [9.17, 15) is 14.4 Å². The molecular formula is C21H22BrClN4O4. The third-order valence-corrected chi connectivity index (χ3v) is 4.90.